The van der Waals surface area contributed by atoms with Gasteiger partial charge >= 0.3 is 0 Å². The van der Waals surface area contributed by atoms with Crippen LogP contribution in [0.5, 0.6) is 0 Å². The van der Waals surface area contributed by atoms with Crippen molar-refractivity contribution >= 4 is 12.0 Å². The van der Waals surface area contributed by atoms with Crippen LogP contribution >= 0.6 is 0 Å². The summed E-state index contributed by atoms with van der Waals surface area (Å²) in [6, 6.07) is 16.2. The molecule has 2 heteroatoms. The van der Waals surface area contributed by atoms with E-state index in [1.807, 2.05) is 49.4 Å². The van der Waals surface area contributed by atoms with Gasteiger partial charge in [0.25, 0.3) is 0 Å². The van der Waals surface area contributed by atoms with Crippen molar-refractivity contribution in [2.75, 3.05) is 0 Å². The van der Waals surface area contributed by atoms with Crippen molar-refractivity contribution in [1.29, 1.82) is 0 Å². The van der Waals surface area contributed by atoms with E-state index in [0.29, 0.717) is 0 Å². The first-order chi connectivity index (χ1) is 10.1. The molecule has 1 N–H and O–H groups in total. The minimum absolute atomic E-state index is 0.00228. The fourth-order valence-electron chi connectivity index (χ4n) is 2.26. The highest BCUT2D eigenvalue weighted by Gasteiger charge is 2.06. The SMILES string of the molecule is Cc1ccc(/C=C/C(=O)NC(C)c2ccccc2)c(C)c1. The number of aryl methyl sites for hydroxylation is 2. The number of benzene rings is 2. The van der Waals surface area contributed by atoms with Gasteiger partial charge in [-0.3, -0.25) is 4.79 Å². The molecular formula is C19H21NO. The Balaban J connectivity index is 2.00. The van der Waals surface area contributed by atoms with Crippen molar-refractivity contribution in [2.45, 2.75) is 26.8 Å². The van der Waals surface area contributed by atoms with Crippen LogP contribution in [0.4, 0.5) is 0 Å². The van der Waals surface area contributed by atoms with Crippen LogP contribution in [-0.2, 0) is 4.79 Å². The van der Waals surface area contributed by atoms with Crippen molar-refractivity contribution in [1.82, 2.24) is 5.32 Å². The Hall–Kier alpha value is -2.35. The first-order valence-corrected chi connectivity index (χ1v) is 7.17. The Morgan fingerprint density at radius 3 is 2.48 bits per heavy atom. The number of nitrogens with one attached hydrogen (secondary N) is 1. The predicted molar refractivity (Wildman–Crippen MR) is 87.9 cm³/mol. The summed E-state index contributed by atoms with van der Waals surface area (Å²) in [5.41, 5.74) is 4.58. The molecule has 0 heterocycles. The molecule has 1 atom stereocenters. The average Bonchev–Trinajstić information content (AvgIpc) is 2.47. The molecule has 21 heavy (non-hydrogen) atoms. The van der Waals surface area contributed by atoms with Gasteiger partial charge in [0.1, 0.15) is 0 Å². The normalized spacial score (nSPS) is 12.3. The molecule has 0 saturated carbocycles. The van der Waals surface area contributed by atoms with Crippen molar-refractivity contribution in [3.63, 3.8) is 0 Å². The standard InChI is InChI=1S/C19H21NO/c1-14-9-10-17(15(2)13-14)11-12-19(21)20-16(3)18-7-5-4-6-8-18/h4-13,16H,1-3H3,(H,20,21)/b12-11+. The van der Waals surface area contributed by atoms with Crippen LogP contribution in [0.2, 0.25) is 0 Å². The second kappa shape index (κ2) is 6.89. The Morgan fingerprint density at radius 2 is 1.81 bits per heavy atom. The summed E-state index contributed by atoms with van der Waals surface area (Å²) in [5, 5.41) is 2.97. The Morgan fingerprint density at radius 1 is 1.10 bits per heavy atom. The van der Waals surface area contributed by atoms with Crippen molar-refractivity contribution in [2.24, 2.45) is 0 Å². The smallest absolute Gasteiger partial charge is 0.244 e. The molecule has 2 aromatic carbocycles. The maximum Gasteiger partial charge on any atom is 0.244 e. The fraction of sp³-hybridized carbons (Fsp3) is 0.211. The molecular weight excluding hydrogens is 258 g/mol. The molecule has 2 nitrogen and oxygen atoms in total. The van der Waals surface area contributed by atoms with Crippen molar-refractivity contribution in [3.8, 4) is 0 Å². The third-order valence-electron chi connectivity index (χ3n) is 3.50. The summed E-state index contributed by atoms with van der Waals surface area (Å²) in [4.78, 5) is 12.0. The first-order valence-electron chi connectivity index (χ1n) is 7.17. The van der Waals surface area contributed by atoms with Crippen molar-refractivity contribution < 1.29 is 4.79 Å². The van der Waals surface area contributed by atoms with E-state index in [2.05, 4.69) is 31.3 Å². The first kappa shape index (κ1) is 15.0. The van der Waals surface area contributed by atoms with E-state index in [0.717, 1.165) is 11.1 Å². The van der Waals surface area contributed by atoms with E-state index in [9.17, 15) is 4.79 Å². The van der Waals surface area contributed by atoms with Crippen LogP contribution < -0.4 is 5.32 Å². The van der Waals surface area contributed by atoms with Gasteiger partial charge < -0.3 is 5.32 Å². The lowest BCUT2D eigenvalue weighted by atomic mass is 10.1. The fourth-order valence-corrected chi connectivity index (χ4v) is 2.26. The van der Waals surface area contributed by atoms with Crippen molar-refractivity contribution in [3.05, 3.63) is 76.9 Å². The predicted octanol–water partition coefficient (Wildman–Crippen LogP) is 4.19. The number of carbonyl (C=O) groups excluding carboxylic acids is 1. The molecule has 2 aromatic rings. The van der Waals surface area contributed by atoms with Gasteiger partial charge in [-0.05, 0) is 43.5 Å². The lowest BCUT2D eigenvalue weighted by molar-refractivity contribution is -0.117. The largest absolute Gasteiger partial charge is 0.346 e. The maximum atomic E-state index is 12.0. The van der Waals surface area contributed by atoms with Gasteiger partial charge in [0.05, 0.1) is 6.04 Å². The van der Waals surface area contributed by atoms with E-state index < -0.39 is 0 Å². The second-order valence-electron chi connectivity index (χ2n) is 5.33. The summed E-state index contributed by atoms with van der Waals surface area (Å²) >= 11 is 0. The van der Waals surface area contributed by atoms with E-state index in [-0.39, 0.29) is 11.9 Å². The van der Waals surface area contributed by atoms with Gasteiger partial charge in [-0.25, -0.2) is 0 Å². The lowest BCUT2D eigenvalue weighted by Crippen LogP contribution is -2.24. The summed E-state index contributed by atoms with van der Waals surface area (Å²) in [5.74, 6) is -0.0775. The third kappa shape index (κ3) is 4.32. The summed E-state index contributed by atoms with van der Waals surface area (Å²) in [6.45, 7) is 6.10. The molecule has 0 bridgehead atoms. The average molecular weight is 279 g/mol. The molecule has 0 aliphatic heterocycles. The van der Waals surface area contributed by atoms with Gasteiger partial charge in [0, 0.05) is 6.08 Å². The number of hydrogen-bond donors (Lipinski definition) is 1. The van der Waals surface area contributed by atoms with E-state index >= 15 is 0 Å². The van der Waals surface area contributed by atoms with Crippen LogP contribution in [-0.4, -0.2) is 5.91 Å². The zero-order valence-corrected chi connectivity index (χ0v) is 12.8. The minimum atomic E-state index is -0.0775. The zero-order valence-electron chi connectivity index (χ0n) is 12.8. The van der Waals surface area contributed by atoms with Crippen LogP contribution in [0.1, 0.15) is 35.2 Å². The molecule has 0 fully saturated rings. The molecule has 0 aliphatic carbocycles. The Kier molecular flexibility index (Phi) is 4.94. The highest BCUT2D eigenvalue weighted by Crippen LogP contribution is 2.13. The summed E-state index contributed by atoms with van der Waals surface area (Å²) < 4.78 is 0. The quantitative estimate of drug-likeness (QED) is 0.835. The topological polar surface area (TPSA) is 29.1 Å². The summed E-state index contributed by atoms with van der Waals surface area (Å²) in [7, 11) is 0. The van der Waals surface area contributed by atoms with Gasteiger partial charge in [-0.15, -0.1) is 0 Å². The molecule has 108 valence electrons. The Bertz CT molecular complexity index is 644. The number of amides is 1. The van der Waals surface area contributed by atoms with Crippen LogP contribution in [0, 0.1) is 13.8 Å². The third-order valence-corrected chi connectivity index (χ3v) is 3.50. The zero-order chi connectivity index (χ0) is 15.2. The van der Waals surface area contributed by atoms with Gasteiger partial charge in [0.15, 0.2) is 0 Å². The summed E-state index contributed by atoms with van der Waals surface area (Å²) in [6.07, 6.45) is 3.46. The molecule has 1 amide bonds. The second-order valence-corrected chi connectivity index (χ2v) is 5.33. The number of carbonyl (C=O) groups is 1. The highest BCUT2D eigenvalue weighted by molar-refractivity contribution is 5.92. The monoisotopic (exact) mass is 279 g/mol. The van der Waals surface area contributed by atoms with Crippen LogP contribution in [0.25, 0.3) is 6.08 Å². The lowest BCUT2D eigenvalue weighted by Gasteiger charge is -2.12. The van der Waals surface area contributed by atoms with E-state index in [4.69, 9.17) is 0 Å². The maximum absolute atomic E-state index is 12.0. The number of hydrogen-bond acceptors (Lipinski definition) is 1. The molecule has 0 radical (unpaired) electrons. The molecule has 2 rings (SSSR count). The molecule has 0 aromatic heterocycles. The highest BCUT2D eigenvalue weighted by atomic mass is 16.1. The molecule has 1 unspecified atom stereocenters. The van der Waals surface area contributed by atoms with Gasteiger partial charge in [-0.2, -0.15) is 0 Å². The molecule has 0 aliphatic rings. The minimum Gasteiger partial charge on any atom is -0.346 e. The van der Waals surface area contributed by atoms with Gasteiger partial charge in [-0.1, -0.05) is 54.1 Å². The van der Waals surface area contributed by atoms with Crippen LogP contribution in [0.3, 0.4) is 0 Å². The van der Waals surface area contributed by atoms with E-state index in [1.165, 1.54) is 11.1 Å². The van der Waals surface area contributed by atoms with E-state index in [1.54, 1.807) is 6.08 Å². The van der Waals surface area contributed by atoms with Gasteiger partial charge in [0.2, 0.25) is 5.91 Å². The molecule has 0 saturated heterocycles. The Labute approximate surface area is 126 Å². The number of rotatable bonds is 4. The van der Waals surface area contributed by atoms with Crippen LogP contribution in [0.15, 0.2) is 54.6 Å². The molecule has 0 spiro atoms.